The Balaban J connectivity index is 1.66. The maximum Gasteiger partial charge on any atom is 0.261 e. The topological polar surface area (TPSA) is 64.1 Å². The Bertz CT molecular complexity index is 975. The van der Waals surface area contributed by atoms with Crippen LogP contribution in [0.3, 0.4) is 0 Å². The lowest BCUT2D eigenvalue weighted by Gasteiger charge is -2.07. The number of nitrogens with one attached hydrogen (secondary N) is 1. The summed E-state index contributed by atoms with van der Waals surface area (Å²) < 4.78 is 6.01. The molecule has 2 aromatic carbocycles. The highest BCUT2D eigenvalue weighted by Crippen LogP contribution is 2.30. The van der Waals surface area contributed by atoms with Crippen LogP contribution in [-0.2, 0) is 5.75 Å². The van der Waals surface area contributed by atoms with Gasteiger partial charge in [-0.3, -0.25) is 10.1 Å². The van der Waals surface area contributed by atoms with Gasteiger partial charge in [-0.1, -0.05) is 58.5 Å². The van der Waals surface area contributed by atoms with Crippen LogP contribution in [0, 0.1) is 13.8 Å². The van der Waals surface area contributed by atoms with Crippen molar-refractivity contribution in [3.8, 4) is 5.75 Å². The molecule has 0 aliphatic rings. The molecule has 0 aliphatic carbocycles. The van der Waals surface area contributed by atoms with Crippen molar-refractivity contribution in [2.45, 2.75) is 23.9 Å². The van der Waals surface area contributed by atoms with Crippen molar-refractivity contribution < 1.29 is 9.53 Å². The van der Waals surface area contributed by atoms with Crippen molar-refractivity contribution in [1.29, 1.82) is 0 Å². The van der Waals surface area contributed by atoms with E-state index < -0.39 is 0 Å². The molecule has 3 aromatic rings. The van der Waals surface area contributed by atoms with E-state index in [9.17, 15) is 4.79 Å². The number of aryl methyl sites for hydroxylation is 2. The average Bonchev–Trinajstić information content (AvgIpc) is 3.09. The van der Waals surface area contributed by atoms with Gasteiger partial charge in [-0.25, -0.2) is 0 Å². The first-order chi connectivity index (χ1) is 13.0. The molecule has 0 bridgehead atoms. The lowest BCUT2D eigenvalue weighted by molar-refractivity contribution is 0.102. The van der Waals surface area contributed by atoms with E-state index in [1.54, 1.807) is 30.0 Å². The summed E-state index contributed by atoms with van der Waals surface area (Å²) in [6, 6.07) is 11.3. The van der Waals surface area contributed by atoms with Crippen molar-refractivity contribution in [3.05, 3.63) is 63.7 Å². The normalized spacial score (nSPS) is 10.7. The molecule has 0 fully saturated rings. The number of halogens is 1. The molecule has 0 saturated heterocycles. The number of carbonyl (C=O) groups is 1. The van der Waals surface area contributed by atoms with Crippen LogP contribution >= 0.6 is 34.7 Å². The second kappa shape index (κ2) is 8.73. The van der Waals surface area contributed by atoms with Gasteiger partial charge in [0.15, 0.2) is 4.34 Å². The fourth-order valence-electron chi connectivity index (χ4n) is 2.44. The van der Waals surface area contributed by atoms with Crippen LogP contribution in [0.2, 0.25) is 5.02 Å². The van der Waals surface area contributed by atoms with Crippen LogP contribution in [0.25, 0.3) is 0 Å². The van der Waals surface area contributed by atoms with Gasteiger partial charge in [0.25, 0.3) is 5.91 Å². The molecule has 1 amide bonds. The van der Waals surface area contributed by atoms with Crippen molar-refractivity contribution in [3.63, 3.8) is 0 Å². The van der Waals surface area contributed by atoms with E-state index in [0.29, 0.717) is 21.5 Å². The monoisotopic (exact) mass is 419 g/mol. The second-order valence-corrected chi connectivity index (χ2v) is 8.53. The minimum atomic E-state index is -0.337. The summed E-state index contributed by atoms with van der Waals surface area (Å²) in [4.78, 5) is 12.5. The number of benzene rings is 2. The number of aromatic nitrogens is 2. The third-order valence-corrected chi connectivity index (χ3v) is 6.14. The predicted octanol–water partition coefficient (Wildman–Crippen LogP) is 5.36. The Labute approximate surface area is 171 Å². The highest BCUT2D eigenvalue weighted by atomic mass is 35.5. The first-order valence-electron chi connectivity index (χ1n) is 8.13. The standard InChI is InChI=1S/C19H18ClN3O2S2/c1-11-4-5-12(2)13(8-11)10-26-19-23-22-18(27-19)21-17(24)15-9-14(20)6-7-16(15)25-3/h4-9H,10H2,1-3H3,(H,21,22,24). The fraction of sp³-hybridized carbons (Fsp3) is 0.211. The molecule has 0 radical (unpaired) electrons. The Kier molecular flexibility index (Phi) is 6.36. The quantitative estimate of drug-likeness (QED) is 0.430. The summed E-state index contributed by atoms with van der Waals surface area (Å²) in [6.45, 7) is 4.18. The number of hydrogen-bond donors (Lipinski definition) is 1. The molecule has 0 unspecified atom stereocenters. The van der Waals surface area contributed by atoms with E-state index in [4.69, 9.17) is 16.3 Å². The third kappa shape index (κ3) is 5.00. The Morgan fingerprint density at radius 1 is 1.22 bits per heavy atom. The Morgan fingerprint density at radius 2 is 2.04 bits per heavy atom. The van der Waals surface area contributed by atoms with Gasteiger partial charge in [0, 0.05) is 10.8 Å². The zero-order valence-corrected chi connectivity index (χ0v) is 17.5. The van der Waals surface area contributed by atoms with E-state index in [1.165, 1.54) is 35.1 Å². The SMILES string of the molecule is COc1ccc(Cl)cc1C(=O)Nc1nnc(SCc2cc(C)ccc2C)s1. The average molecular weight is 420 g/mol. The molecular formula is C19H18ClN3O2S2. The summed E-state index contributed by atoms with van der Waals surface area (Å²) in [7, 11) is 1.51. The summed E-state index contributed by atoms with van der Waals surface area (Å²) in [6.07, 6.45) is 0. The van der Waals surface area contributed by atoms with Crippen molar-refractivity contribution >= 4 is 45.7 Å². The Hall–Kier alpha value is -2.09. The van der Waals surface area contributed by atoms with Gasteiger partial charge >= 0.3 is 0 Å². The first kappa shape index (κ1) is 19.7. The number of carbonyl (C=O) groups excluding carboxylic acids is 1. The molecule has 0 spiro atoms. The maximum atomic E-state index is 12.5. The third-order valence-electron chi connectivity index (χ3n) is 3.89. The van der Waals surface area contributed by atoms with Gasteiger partial charge in [0.05, 0.1) is 12.7 Å². The predicted molar refractivity (Wildman–Crippen MR) is 111 cm³/mol. The number of hydrogen-bond acceptors (Lipinski definition) is 6. The van der Waals surface area contributed by atoms with Crippen molar-refractivity contribution in [2.24, 2.45) is 0 Å². The molecule has 140 valence electrons. The number of ether oxygens (including phenoxy) is 1. The number of nitrogens with zero attached hydrogens (tertiary/aromatic N) is 2. The second-order valence-electron chi connectivity index (χ2n) is 5.89. The number of amides is 1. The molecule has 0 aliphatic heterocycles. The van der Waals surface area contributed by atoms with E-state index in [-0.39, 0.29) is 5.91 Å². The van der Waals surface area contributed by atoms with E-state index in [2.05, 4.69) is 47.6 Å². The number of anilines is 1. The first-order valence-corrected chi connectivity index (χ1v) is 10.3. The minimum absolute atomic E-state index is 0.337. The minimum Gasteiger partial charge on any atom is -0.496 e. The Morgan fingerprint density at radius 3 is 2.81 bits per heavy atom. The van der Waals surface area contributed by atoms with Crippen molar-refractivity contribution in [2.75, 3.05) is 12.4 Å². The van der Waals surface area contributed by atoms with Crippen LogP contribution in [0.15, 0.2) is 40.7 Å². The number of rotatable bonds is 6. The highest BCUT2D eigenvalue weighted by Gasteiger charge is 2.15. The molecule has 1 N–H and O–H groups in total. The number of thioether (sulfide) groups is 1. The van der Waals surface area contributed by atoms with Gasteiger partial charge in [-0.05, 0) is 43.2 Å². The zero-order valence-electron chi connectivity index (χ0n) is 15.1. The lowest BCUT2D eigenvalue weighted by atomic mass is 10.1. The molecular weight excluding hydrogens is 402 g/mol. The number of methoxy groups -OCH3 is 1. The van der Waals surface area contributed by atoms with Crippen LogP contribution < -0.4 is 10.1 Å². The van der Waals surface area contributed by atoms with Gasteiger partial charge in [0.2, 0.25) is 5.13 Å². The largest absolute Gasteiger partial charge is 0.496 e. The molecule has 27 heavy (non-hydrogen) atoms. The van der Waals surface area contributed by atoms with Crippen LogP contribution in [0.4, 0.5) is 5.13 Å². The van der Waals surface area contributed by atoms with Gasteiger partial charge < -0.3 is 4.74 Å². The summed E-state index contributed by atoms with van der Waals surface area (Å²) in [5, 5.41) is 11.9. The molecule has 0 atom stereocenters. The zero-order chi connectivity index (χ0) is 19.4. The maximum absolute atomic E-state index is 12.5. The van der Waals surface area contributed by atoms with Crippen LogP contribution in [0.1, 0.15) is 27.0 Å². The van der Waals surface area contributed by atoms with Crippen molar-refractivity contribution in [1.82, 2.24) is 10.2 Å². The van der Waals surface area contributed by atoms with E-state index in [1.807, 2.05) is 0 Å². The fourth-order valence-corrected chi connectivity index (χ4v) is 4.42. The summed E-state index contributed by atoms with van der Waals surface area (Å²) in [5.74, 6) is 0.917. The molecule has 3 rings (SSSR count). The lowest BCUT2D eigenvalue weighted by Crippen LogP contribution is -2.13. The van der Waals surface area contributed by atoms with Gasteiger partial charge in [-0.15, -0.1) is 10.2 Å². The molecule has 8 heteroatoms. The molecule has 0 saturated carbocycles. The smallest absolute Gasteiger partial charge is 0.261 e. The van der Waals surface area contributed by atoms with Gasteiger partial charge in [-0.2, -0.15) is 0 Å². The molecule has 1 aromatic heterocycles. The highest BCUT2D eigenvalue weighted by molar-refractivity contribution is 8.00. The van der Waals surface area contributed by atoms with Crippen LogP contribution in [0.5, 0.6) is 5.75 Å². The van der Waals surface area contributed by atoms with Crippen LogP contribution in [-0.4, -0.2) is 23.2 Å². The van der Waals surface area contributed by atoms with E-state index in [0.717, 1.165) is 10.1 Å². The molecule has 1 heterocycles. The summed E-state index contributed by atoms with van der Waals surface area (Å²) >= 11 is 8.92. The van der Waals surface area contributed by atoms with E-state index >= 15 is 0 Å². The van der Waals surface area contributed by atoms with Gasteiger partial charge in [0.1, 0.15) is 5.75 Å². The molecule has 5 nitrogen and oxygen atoms in total. The summed E-state index contributed by atoms with van der Waals surface area (Å²) in [5.41, 5.74) is 4.10.